The summed E-state index contributed by atoms with van der Waals surface area (Å²) in [5.41, 5.74) is 3.99. The van der Waals surface area contributed by atoms with Crippen molar-refractivity contribution in [1.29, 1.82) is 0 Å². The smallest absolute Gasteiger partial charge is 0.00973 e. The van der Waals surface area contributed by atoms with Crippen molar-refractivity contribution in [3.63, 3.8) is 0 Å². The van der Waals surface area contributed by atoms with Crippen LogP contribution in [0.2, 0.25) is 0 Å². The molecule has 0 amide bonds. The van der Waals surface area contributed by atoms with Crippen LogP contribution in [0.25, 0.3) is 5.57 Å². The zero-order chi connectivity index (χ0) is 14.4. The molecule has 0 saturated heterocycles. The summed E-state index contributed by atoms with van der Waals surface area (Å²) in [6.07, 6.45) is 14.7. The van der Waals surface area contributed by atoms with Gasteiger partial charge >= 0.3 is 0 Å². The zero-order valence-electron chi connectivity index (χ0n) is 12.7. The number of benzene rings is 1. The van der Waals surface area contributed by atoms with Crippen LogP contribution in [0.3, 0.4) is 0 Å². The van der Waals surface area contributed by atoms with Crippen molar-refractivity contribution in [2.24, 2.45) is 11.8 Å². The van der Waals surface area contributed by atoms with Crippen molar-refractivity contribution in [2.75, 3.05) is 0 Å². The highest BCUT2D eigenvalue weighted by Crippen LogP contribution is 2.24. The molecule has 1 aromatic carbocycles. The molecular formula is C20H24. The first-order valence-electron chi connectivity index (χ1n) is 7.48. The van der Waals surface area contributed by atoms with Gasteiger partial charge in [0, 0.05) is 0 Å². The van der Waals surface area contributed by atoms with Crippen LogP contribution in [0.4, 0.5) is 0 Å². The Kier molecular flexibility index (Phi) is 5.17. The van der Waals surface area contributed by atoms with E-state index >= 15 is 0 Å². The predicted molar refractivity (Wildman–Crippen MR) is 89.4 cm³/mol. The van der Waals surface area contributed by atoms with Gasteiger partial charge in [-0.15, -0.1) is 0 Å². The molecule has 0 N–H and O–H groups in total. The Morgan fingerprint density at radius 2 is 1.85 bits per heavy atom. The molecule has 2 atom stereocenters. The van der Waals surface area contributed by atoms with Crippen LogP contribution in [0.15, 0.2) is 72.4 Å². The van der Waals surface area contributed by atoms with E-state index in [4.69, 9.17) is 0 Å². The van der Waals surface area contributed by atoms with Crippen LogP contribution in [-0.4, -0.2) is 0 Å². The van der Waals surface area contributed by atoms with Gasteiger partial charge in [0.25, 0.3) is 0 Å². The van der Waals surface area contributed by atoms with Crippen molar-refractivity contribution in [3.8, 4) is 0 Å². The molecule has 0 nitrogen and oxygen atoms in total. The fraction of sp³-hybridized carbons (Fsp3) is 0.300. The molecule has 0 aliphatic heterocycles. The summed E-state index contributed by atoms with van der Waals surface area (Å²) < 4.78 is 0. The monoisotopic (exact) mass is 264 g/mol. The van der Waals surface area contributed by atoms with Crippen LogP contribution in [-0.2, 0) is 0 Å². The third-order valence-corrected chi connectivity index (χ3v) is 3.99. The zero-order valence-corrected chi connectivity index (χ0v) is 12.7. The van der Waals surface area contributed by atoms with Crippen molar-refractivity contribution in [1.82, 2.24) is 0 Å². The van der Waals surface area contributed by atoms with Gasteiger partial charge in [-0.3, -0.25) is 0 Å². The third-order valence-electron chi connectivity index (χ3n) is 3.99. The third kappa shape index (κ3) is 3.84. The molecule has 1 aromatic rings. The summed E-state index contributed by atoms with van der Waals surface area (Å²) in [7, 11) is 0. The normalized spacial score (nSPS) is 23.1. The molecule has 104 valence electrons. The molecule has 2 rings (SSSR count). The molecular weight excluding hydrogens is 240 g/mol. The van der Waals surface area contributed by atoms with Gasteiger partial charge in [-0.1, -0.05) is 80.6 Å². The Morgan fingerprint density at radius 1 is 1.10 bits per heavy atom. The fourth-order valence-electron chi connectivity index (χ4n) is 2.44. The lowest BCUT2D eigenvalue weighted by molar-refractivity contribution is 0.547. The van der Waals surface area contributed by atoms with Gasteiger partial charge in [0.2, 0.25) is 0 Å². The molecule has 1 aliphatic rings. The highest BCUT2D eigenvalue weighted by Gasteiger charge is 2.10. The van der Waals surface area contributed by atoms with E-state index in [1.54, 1.807) is 0 Å². The number of hydrogen-bond acceptors (Lipinski definition) is 0. The molecule has 0 fully saturated rings. The van der Waals surface area contributed by atoms with E-state index < -0.39 is 0 Å². The summed E-state index contributed by atoms with van der Waals surface area (Å²) in [6.45, 7) is 6.66. The second kappa shape index (κ2) is 7.09. The quantitative estimate of drug-likeness (QED) is 0.602. The largest absolute Gasteiger partial charge is 0.0808 e. The molecule has 20 heavy (non-hydrogen) atoms. The van der Waals surface area contributed by atoms with Gasteiger partial charge in [-0.2, -0.15) is 0 Å². The van der Waals surface area contributed by atoms with Gasteiger partial charge in [0.1, 0.15) is 0 Å². The molecule has 1 aliphatic carbocycles. The summed E-state index contributed by atoms with van der Waals surface area (Å²) >= 11 is 0. The summed E-state index contributed by atoms with van der Waals surface area (Å²) in [6, 6.07) is 10.5. The fourth-order valence-corrected chi connectivity index (χ4v) is 2.44. The lowest BCUT2D eigenvalue weighted by Crippen LogP contribution is -2.06. The molecule has 0 aromatic heterocycles. The maximum atomic E-state index is 2.40. The van der Waals surface area contributed by atoms with Gasteiger partial charge in [0.05, 0.1) is 0 Å². The minimum absolute atomic E-state index is 0.652. The van der Waals surface area contributed by atoms with E-state index in [2.05, 4.69) is 87.6 Å². The van der Waals surface area contributed by atoms with E-state index in [-0.39, 0.29) is 0 Å². The van der Waals surface area contributed by atoms with E-state index in [0.29, 0.717) is 11.8 Å². The minimum atomic E-state index is 0.652. The second-order valence-electron chi connectivity index (χ2n) is 5.54. The number of rotatable bonds is 4. The highest BCUT2D eigenvalue weighted by atomic mass is 14.2. The van der Waals surface area contributed by atoms with Gasteiger partial charge < -0.3 is 0 Å². The first-order valence-corrected chi connectivity index (χ1v) is 7.48. The number of hydrogen-bond donors (Lipinski definition) is 0. The molecule has 0 saturated carbocycles. The van der Waals surface area contributed by atoms with Crippen molar-refractivity contribution >= 4 is 5.57 Å². The maximum absolute atomic E-state index is 2.40. The van der Waals surface area contributed by atoms with Crippen LogP contribution >= 0.6 is 0 Å². The van der Waals surface area contributed by atoms with E-state index in [0.717, 1.165) is 6.42 Å². The average molecular weight is 264 g/mol. The highest BCUT2D eigenvalue weighted by molar-refractivity contribution is 5.73. The van der Waals surface area contributed by atoms with Gasteiger partial charge in [-0.25, -0.2) is 0 Å². The second-order valence-corrected chi connectivity index (χ2v) is 5.54. The van der Waals surface area contributed by atoms with Crippen molar-refractivity contribution in [2.45, 2.75) is 27.2 Å². The first-order chi connectivity index (χ1) is 9.70. The molecule has 0 heteroatoms. The van der Waals surface area contributed by atoms with Crippen molar-refractivity contribution < 1.29 is 0 Å². The molecule has 0 spiro atoms. The Morgan fingerprint density at radius 3 is 2.50 bits per heavy atom. The Labute approximate surface area is 123 Å². The van der Waals surface area contributed by atoms with Crippen LogP contribution in [0.1, 0.15) is 32.8 Å². The molecule has 2 unspecified atom stereocenters. The lowest BCUT2D eigenvalue weighted by atomic mass is 9.87. The predicted octanol–water partition coefficient (Wildman–Crippen LogP) is 5.80. The first kappa shape index (κ1) is 14.6. The molecule has 0 heterocycles. The Balaban J connectivity index is 2.00. The SMILES string of the molecule is C/C=C(\C=C/CC1=CC(C)C(C)C=C1)c1ccccc1. The van der Waals surface area contributed by atoms with Crippen LogP contribution < -0.4 is 0 Å². The lowest BCUT2D eigenvalue weighted by Gasteiger charge is -2.18. The summed E-state index contributed by atoms with van der Waals surface area (Å²) in [5.74, 6) is 1.32. The average Bonchev–Trinajstić information content (AvgIpc) is 2.48. The maximum Gasteiger partial charge on any atom is -0.00973 e. The Bertz CT molecular complexity index is 541. The van der Waals surface area contributed by atoms with Gasteiger partial charge in [0.15, 0.2) is 0 Å². The van der Waals surface area contributed by atoms with Crippen LogP contribution in [0.5, 0.6) is 0 Å². The summed E-state index contributed by atoms with van der Waals surface area (Å²) in [4.78, 5) is 0. The minimum Gasteiger partial charge on any atom is -0.0808 e. The number of allylic oxidation sites excluding steroid dienone is 8. The standard InChI is InChI=1S/C20H24/c1-4-19(20-10-6-5-7-11-20)12-8-9-18-14-13-16(2)17(3)15-18/h4-8,10-17H,9H2,1-3H3/b12-8-,19-4+. The molecule has 0 radical (unpaired) electrons. The molecule has 0 bridgehead atoms. The van der Waals surface area contributed by atoms with E-state index in [1.165, 1.54) is 16.7 Å². The van der Waals surface area contributed by atoms with Crippen molar-refractivity contribution in [3.05, 3.63) is 77.9 Å². The summed E-state index contributed by atoms with van der Waals surface area (Å²) in [5, 5.41) is 0. The van der Waals surface area contributed by atoms with E-state index in [9.17, 15) is 0 Å². The topological polar surface area (TPSA) is 0 Å². The van der Waals surface area contributed by atoms with Gasteiger partial charge in [-0.05, 0) is 41.9 Å². The van der Waals surface area contributed by atoms with E-state index in [1.807, 2.05) is 0 Å². The Hall–Kier alpha value is -1.82. The van der Waals surface area contributed by atoms with Crippen LogP contribution in [0, 0.1) is 11.8 Å².